The van der Waals surface area contributed by atoms with Crippen molar-refractivity contribution < 1.29 is 23.8 Å². The molecule has 0 amide bonds. The number of aryl methyl sites for hydroxylation is 1. The molecular weight excluding hydrogens is 509 g/mol. The zero-order valence-electron chi connectivity index (χ0n) is 20.2. The molecule has 0 spiro atoms. The molecule has 2 aromatic carbocycles. The molecule has 0 aliphatic carbocycles. The van der Waals surface area contributed by atoms with Gasteiger partial charge in [-0.05, 0) is 42.8 Å². The molecule has 4 aromatic rings. The number of aromatic nitrogens is 2. The van der Waals surface area contributed by atoms with Crippen LogP contribution in [-0.2, 0) is 5.75 Å². The van der Waals surface area contributed by atoms with Crippen LogP contribution in [0.5, 0.6) is 5.75 Å². The first-order chi connectivity index (χ1) is 18.3. The summed E-state index contributed by atoms with van der Waals surface area (Å²) < 4.78 is 24.8. The van der Waals surface area contributed by atoms with Crippen LogP contribution in [0.15, 0.2) is 58.0 Å². The second-order valence-corrected chi connectivity index (χ2v) is 9.08. The average molecular weight is 532 g/mol. The van der Waals surface area contributed by atoms with E-state index in [1.54, 1.807) is 43.3 Å². The van der Waals surface area contributed by atoms with Crippen molar-refractivity contribution in [3.63, 3.8) is 0 Å². The summed E-state index contributed by atoms with van der Waals surface area (Å²) in [5.41, 5.74) is 8.37. The van der Waals surface area contributed by atoms with Gasteiger partial charge in [0.25, 0.3) is 0 Å². The molecule has 0 unspecified atom stereocenters. The Morgan fingerprint density at radius 3 is 2.66 bits per heavy atom. The monoisotopic (exact) mass is 531 g/mol. The van der Waals surface area contributed by atoms with Crippen molar-refractivity contribution in [2.75, 3.05) is 18.9 Å². The number of thioether (sulfide) groups is 1. The standard InChI is InChI=1S/C27H22FN5O4S/c1-15-22(32-26(37-15)17-4-3-5-18(28)10-17)14-38-27-21(11-29)23(24(31-2)25(30)33-27)16-6-8-20(9-7-16)36-13-19(35)12-34/h3-10,19,34-35H,12-14H2,1H3,(H2,30,33)/t19-/m0/s1. The van der Waals surface area contributed by atoms with Crippen LogP contribution in [0, 0.1) is 30.6 Å². The summed E-state index contributed by atoms with van der Waals surface area (Å²) in [6, 6.07) is 14.7. The lowest BCUT2D eigenvalue weighted by atomic mass is 10.00. The van der Waals surface area contributed by atoms with Crippen molar-refractivity contribution in [2.45, 2.75) is 23.8 Å². The fourth-order valence-electron chi connectivity index (χ4n) is 3.58. The lowest BCUT2D eigenvalue weighted by Gasteiger charge is -2.14. The Bertz CT molecular complexity index is 1540. The summed E-state index contributed by atoms with van der Waals surface area (Å²) in [6.45, 7) is 8.86. The molecule has 1 atom stereocenters. The summed E-state index contributed by atoms with van der Waals surface area (Å²) in [4.78, 5) is 12.3. The number of nitrogens with two attached hydrogens (primary N) is 1. The summed E-state index contributed by atoms with van der Waals surface area (Å²) in [5.74, 6) is 1.15. The highest BCUT2D eigenvalue weighted by atomic mass is 32.2. The molecular formula is C27H22FN5O4S. The van der Waals surface area contributed by atoms with E-state index >= 15 is 0 Å². The van der Waals surface area contributed by atoms with Gasteiger partial charge in [0.15, 0.2) is 0 Å². The highest BCUT2D eigenvalue weighted by Crippen LogP contribution is 2.42. The van der Waals surface area contributed by atoms with Gasteiger partial charge in [-0.25, -0.2) is 19.2 Å². The second kappa shape index (κ2) is 11.8. The zero-order chi connectivity index (χ0) is 27.2. The zero-order valence-corrected chi connectivity index (χ0v) is 21.0. The van der Waals surface area contributed by atoms with Gasteiger partial charge in [-0.2, -0.15) is 5.26 Å². The van der Waals surface area contributed by atoms with Gasteiger partial charge in [0.2, 0.25) is 11.6 Å². The third-order valence-electron chi connectivity index (χ3n) is 5.49. The number of hydrogen-bond donors (Lipinski definition) is 3. The van der Waals surface area contributed by atoms with E-state index in [1.807, 2.05) is 0 Å². The van der Waals surface area contributed by atoms with E-state index in [0.29, 0.717) is 44.7 Å². The van der Waals surface area contributed by atoms with Gasteiger partial charge < -0.3 is 25.1 Å². The number of benzene rings is 2. The maximum absolute atomic E-state index is 13.6. The Hall–Kier alpha value is -4.42. The molecule has 0 radical (unpaired) electrons. The lowest BCUT2D eigenvalue weighted by molar-refractivity contribution is 0.0536. The Labute approximate surface area is 222 Å². The van der Waals surface area contributed by atoms with Crippen molar-refractivity contribution in [1.29, 1.82) is 5.26 Å². The summed E-state index contributed by atoms with van der Waals surface area (Å²) in [6.07, 6.45) is -1.01. The van der Waals surface area contributed by atoms with E-state index in [4.69, 9.17) is 26.6 Å². The average Bonchev–Trinajstić information content (AvgIpc) is 3.30. The van der Waals surface area contributed by atoms with E-state index in [2.05, 4.69) is 20.9 Å². The third kappa shape index (κ3) is 5.76. The minimum Gasteiger partial charge on any atom is -0.491 e. The number of pyridine rings is 1. The number of nitrogens with zero attached hydrogens (tertiary/aromatic N) is 4. The fourth-order valence-corrected chi connectivity index (χ4v) is 4.58. The molecule has 0 fully saturated rings. The van der Waals surface area contributed by atoms with Gasteiger partial charge in [-0.1, -0.05) is 30.0 Å². The van der Waals surface area contributed by atoms with Crippen LogP contribution < -0.4 is 10.5 Å². The number of nitrogen functional groups attached to an aromatic ring is 1. The van der Waals surface area contributed by atoms with Crippen molar-refractivity contribution in [2.24, 2.45) is 0 Å². The molecule has 2 heterocycles. The first-order valence-electron chi connectivity index (χ1n) is 11.3. The number of aliphatic hydroxyl groups is 2. The molecule has 0 aliphatic rings. The first-order valence-corrected chi connectivity index (χ1v) is 12.3. The first kappa shape index (κ1) is 26.6. The number of anilines is 1. The molecule has 192 valence electrons. The smallest absolute Gasteiger partial charge is 0.236 e. The Balaban J connectivity index is 1.63. The quantitative estimate of drug-likeness (QED) is 0.203. The Morgan fingerprint density at radius 2 is 2.00 bits per heavy atom. The number of aliphatic hydroxyl groups excluding tert-OH is 2. The van der Waals surface area contributed by atoms with Gasteiger partial charge in [-0.3, -0.25) is 0 Å². The van der Waals surface area contributed by atoms with E-state index < -0.39 is 18.5 Å². The molecule has 4 N–H and O–H groups in total. The summed E-state index contributed by atoms with van der Waals surface area (Å²) in [5, 5.41) is 28.8. The molecule has 0 bridgehead atoms. The normalized spacial score (nSPS) is 11.5. The van der Waals surface area contributed by atoms with Crippen LogP contribution in [0.3, 0.4) is 0 Å². The van der Waals surface area contributed by atoms with Crippen LogP contribution in [0.1, 0.15) is 17.0 Å². The van der Waals surface area contributed by atoms with Gasteiger partial charge in [0.1, 0.15) is 47.0 Å². The Kier molecular flexibility index (Phi) is 8.24. The van der Waals surface area contributed by atoms with Crippen LogP contribution in [0.25, 0.3) is 27.4 Å². The van der Waals surface area contributed by atoms with Crippen LogP contribution in [-0.4, -0.2) is 39.5 Å². The predicted octanol–water partition coefficient (Wildman–Crippen LogP) is 4.88. The topological polar surface area (TPSA) is 143 Å². The predicted molar refractivity (Wildman–Crippen MR) is 140 cm³/mol. The number of hydrogen-bond acceptors (Lipinski definition) is 9. The van der Waals surface area contributed by atoms with Gasteiger partial charge in [-0.15, -0.1) is 0 Å². The molecule has 2 aromatic heterocycles. The van der Waals surface area contributed by atoms with Gasteiger partial charge in [0.05, 0.1) is 24.4 Å². The molecule has 0 saturated heterocycles. The van der Waals surface area contributed by atoms with Crippen LogP contribution >= 0.6 is 11.8 Å². The number of rotatable bonds is 9. The number of halogens is 1. The van der Waals surface area contributed by atoms with Crippen molar-refractivity contribution in [3.05, 3.63) is 82.8 Å². The summed E-state index contributed by atoms with van der Waals surface area (Å²) >= 11 is 1.22. The van der Waals surface area contributed by atoms with Crippen LogP contribution in [0.4, 0.5) is 15.9 Å². The minimum atomic E-state index is -1.01. The van der Waals surface area contributed by atoms with Gasteiger partial charge in [0, 0.05) is 16.9 Å². The molecule has 9 nitrogen and oxygen atoms in total. The maximum atomic E-state index is 13.6. The highest BCUT2D eigenvalue weighted by molar-refractivity contribution is 7.98. The highest BCUT2D eigenvalue weighted by Gasteiger charge is 2.22. The van der Waals surface area contributed by atoms with E-state index in [1.165, 1.54) is 23.9 Å². The number of ether oxygens (including phenoxy) is 1. The van der Waals surface area contributed by atoms with E-state index in [9.17, 15) is 14.8 Å². The SMILES string of the molecule is [C-]#[N+]c1c(N)nc(SCc2nc(-c3cccc(F)c3)oc2C)c(C#N)c1-c1ccc(OC[C@@H](O)CO)cc1. The van der Waals surface area contributed by atoms with Gasteiger partial charge >= 0.3 is 0 Å². The molecule has 4 rings (SSSR count). The van der Waals surface area contributed by atoms with E-state index in [0.717, 1.165) is 0 Å². The van der Waals surface area contributed by atoms with Crippen LogP contribution in [0.2, 0.25) is 0 Å². The number of oxazole rings is 1. The Morgan fingerprint density at radius 1 is 1.24 bits per heavy atom. The van der Waals surface area contributed by atoms with E-state index in [-0.39, 0.29) is 29.6 Å². The number of nitriles is 1. The maximum Gasteiger partial charge on any atom is 0.236 e. The second-order valence-electron chi connectivity index (χ2n) is 8.12. The molecule has 0 aliphatic heterocycles. The molecule has 0 saturated carbocycles. The van der Waals surface area contributed by atoms with Crippen molar-refractivity contribution in [3.8, 4) is 34.4 Å². The minimum absolute atomic E-state index is 0.0137. The lowest BCUT2D eigenvalue weighted by Crippen LogP contribution is -2.21. The van der Waals surface area contributed by atoms with Crippen molar-refractivity contribution >= 4 is 23.3 Å². The summed E-state index contributed by atoms with van der Waals surface area (Å²) in [7, 11) is 0. The molecule has 38 heavy (non-hydrogen) atoms. The fraction of sp³-hybridized carbons (Fsp3) is 0.185. The molecule has 11 heteroatoms. The van der Waals surface area contributed by atoms with Crippen molar-refractivity contribution in [1.82, 2.24) is 9.97 Å². The third-order valence-corrected chi connectivity index (χ3v) is 6.48. The largest absolute Gasteiger partial charge is 0.491 e.